The topological polar surface area (TPSA) is 63.6 Å². The van der Waals surface area contributed by atoms with E-state index < -0.39 is 0 Å². The number of pyridine rings is 2. The first-order valence-electron chi connectivity index (χ1n) is 8.88. The number of hydrogen-bond donors (Lipinski definition) is 1. The zero-order chi connectivity index (χ0) is 17.8. The molecule has 0 amide bonds. The summed E-state index contributed by atoms with van der Waals surface area (Å²) >= 11 is 6.48. The van der Waals surface area contributed by atoms with Crippen molar-refractivity contribution >= 4 is 11.6 Å². The summed E-state index contributed by atoms with van der Waals surface area (Å²) in [6, 6.07) is 12.1. The van der Waals surface area contributed by atoms with Gasteiger partial charge < -0.3 is 5.32 Å². The van der Waals surface area contributed by atoms with Gasteiger partial charge in [-0.1, -0.05) is 17.7 Å². The van der Waals surface area contributed by atoms with Gasteiger partial charge in [-0.2, -0.15) is 0 Å². The van der Waals surface area contributed by atoms with Crippen molar-refractivity contribution in [2.45, 2.75) is 37.8 Å². The molecule has 3 aromatic heterocycles. The lowest BCUT2D eigenvalue weighted by atomic mass is 9.94. The summed E-state index contributed by atoms with van der Waals surface area (Å²) in [7, 11) is 0. The molecule has 3 aromatic rings. The van der Waals surface area contributed by atoms with E-state index in [0.29, 0.717) is 11.4 Å². The molecule has 1 saturated heterocycles. The maximum Gasteiger partial charge on any atom is 0.134 e. The molecule has 0 unspecified atom stereocenters. The molecule has 0 spiro atoms. The van der Waals surface area contributed by atoms with Crippen molar-refractivity contribution < 1.29 is 0 Å². The summed E-state index contributed by atoms with van der Waals surface area (Å²) in [5.41, 5.74) is 2.90. The molecule has 1 fully saturated rings. The third kappa shape index (κ3) is 3.89. The van der Waals surface area contributed by atoms with Gasteiger partial charge in [0.1, 0.15) is 5.82 Å². The molecule has 1 aliphatic heterocycles. The van der Waals surface area contributed by atoms with Crippen molar-refractivity contribution in [3.63, 3.8) is 0 Å². The van der Waals surface area contributed by atoms with Crippen LogP contribution in [0.4, 0.5) is 0 Å². The number of nitrogens with zero attached hydrogens (tertiary/aromatic N) is 4. The van der Waals surface area contributed by atoms with Gasteiger partial charge in [0.15, 0.2) is 0 Å². The van der Waals surface area contributed by atoms with Crippen LogP contribution in [0.5, 0.6) is 0 Å². The fraction of sp³-hybridized carbons (Fsp3) is 0.300. The van der Waals surface area contributed by atoms with E-state index in [4.69, 9.17) is 16.6 Å². The van der Waals surface area contributed by atoms with Crippen LogP contribution >= 0.6 is 11.6 Å². The summed E-state index contributed by atoms with van der Waals surface area (Å²) in [6.07, 6.45) is 9.14. The maximum atomic E-state index is 6.48. The summed E-state index contributed by atoms with van der Waals surface area (Å²) in [5.74, 6) is 0.760. The Kier molecular flexibility index (Phi) is 5.18. The van der Waals surface area contributed by atoms with Crippen molar-refractivity contribution in [1.82, 2.24) is 25.3 Å². The quantitative estimate of drug-likeness (QED) is 0.755. The van der Waals surface area contributed by atoms with Gasteiger partial charge in [-0.15, -0.1) is 0 Å². The second-order valence-corrected chi connectivity index (χ2v) is 6.88. The molecular weight excluding hydrogens is 346 g/mol. The Balaban J connectivity index is 1.55. The molecule has 2 atom stereocenters. The van der Waals surface area contributed by atoms with Gasteiger partial charge in [-0.25, -0.2) is 9.97 Å². The van der Waals surface area contributed by atoms with Crippen LogP contribution in [0.3, 0.4) is 0 Å². The third-order valence-electron chi connectivity index (χ3n) is 4.65. The molecule has 0 aromatic carbocycles. The predicted molar refractivity (Wildman–Crippen MR) is 101 cm³/mol. The normalized spacial score (nSPS) is 20.0. The molecule has 0 bridgehead atoms. The summed E-state index contributed by atoms with van der Waals surface area (Å²) in [5, 5.41) is 4.37. The Hall–Kier alpha value is -2.37. The molecule has 4 rings (SSSR count). The fourth-order valence-corrected chi connectivity index (χ4v) is 3.63. The number of hydrogen-bond acceptors (Lipinski definition) is 5. The average Bonchev–Trinajstić information content (AvgIpc) is 2.71. The second-order valence-electron chi connectivity index (χ2n) is 6.47. The largest absolute Gasteiger partial charge is 0.300 e. The van der Waals surface area contributed by atoms with E-state index >= 15 is 0 Å². The molecule has 0 saturated carbocycles. The Labute approximate surface area is 157 Å². The molecule has 1 aliphatic rings. The minimum atomic E-state index is 0.125. The lowest BCUT2D eigenvalue weighted by Crippen LogP contribution is -2.32. The first-order valence-corrected chi connectivity index (χ1v) is 9.25. The van der Waals surface area contributed by atoms with Gasteiger partial charge in [-0.3, -0.25) is 9.97 Å². The zero-order valence-electron chi connectivity index (χ0n) is 14.3. The molecule has 132 valence electrons. The number of rotatable bonds is 4. The first kappa shape index (κ1) is 17.1. The number of aromatic nitrogens is 4. The second kappa shape index (κ2) is 7.89. The van der Waals surface area contributed by atoms with Crippen molar-refractivity contribution in [1.29, 1.82) is 0 Å². The number of piperidine rings is 1. The molecule has 0 aliphatic carbocycles. The van der Waals surface area contributed by atoms with Gasteiger partial charge in [0.25, 0.3) is 0 Å². The average molecular weight is 366 g/mol. The van der Waals surface area contributed by atoms with E-state index in [-0.39, 0.29) is 12.1 Å². The van der Waals surface area contributed by atoms with Gasteiger partial charge in [-0.05, 0) is 49.6 Å². The van der Waals surface area contributed by atoms with E-state index in [9.17, 15) is 0 Å². The molecule has 6 heteroatoms. The Bertz CT molecular complexity index is 857. The van der Waals surface area contributed by atoms with Crippen LogP contribution in [0.15, 0.2) is 55.0 Å². The van der Waals surface area contributed by atoms with E-state index in [1.807, 2.05) is 36.5 Å². The highest BCUT2D eigenvalue weighted by Gasteiger charge is 2.26. The van der Waals surface area contributed by atoms with Crippen LogP contribution in [0.2, 0.25) is 5.02 Å². The summed E-state index contributed by atoms with van der Waals surface area (Å²) in [4.78, 5) is 17.9. The lowest BCUT2D eigenvalue weighted by Gasteiger charge is -2.31. The van der Waals surface area contributed by atoms with E-state index in [1.54, 1.807) is 12.4 Å². The minimum Gasteiger partial charge on any atom is -0.300 e. The highest BCUT2D eigenvalue weighted by molar-refractivity contribution is 6.31. The van der Waals surface area contributed by atoms with E-state index in [1.165, 1.54) is 0 Å². The summed E-state index contributed by atoms with van der Waals surface area (Å²) in [6.45, 7) is 0. The van der Waals surface area contributed by atoms with Crippen molar-refractivity contribution in [2.75, 3.05) is 0 Å². The first-order chi connectivity index (χ1) is 12.8. The lowest BCUT2D eigenvalue weighted by molar-refractivity contribution is 0.321. The molecule has 26 heavy (non-hydrogen) atoms. The third-order valence-corrected chi connectivity index (χ3v) is 4.97. The standard InChI is InChI=1S/C20H20ClN5/c21-15-9-8-14(13-19-23-11-4-12-24-19)25-20(15)18-7-3-6-17(26-18)16-5-1-2-10-22-16/h1-2,4-5,8-12,17-18,26H,3,6-7,13H2/t17-,18+/m0/s1. The molecule has 0 radical (unpaired) electrons. The Morgan fingerprint density at radius 3 is 2.54 bits per heavy atom. The highest BCUT2D eigenvalue weighted by atomic mass is 35.5. The smallest absolute Gasteiger partial charge is 0.134 e. The van der Waals surface area contributed by atoms with Crippen molar-refractivity contribution in [3.05, 3.63) is 82.9 Å². The van der Waals surface area contributed by atoms with E-state index in [0.717, 1.165) is 42.2 Å². The number of halogens is 1. The van der Waals surface area contributed by atoms with Gasteiger partial charge >= 0.3 is 0 Å². The van der Waals surface area contributed by atoms with Gasteiger partial charge in [0.05, 0.1) is 28.9 Å². The van der Waals surface area contributed by atoms with E-state index in [2.05, 4.69) is 26.3 Å². The van der Waals surface area contributed by atoms with Crippen LogP contribution in [0.1, 0.15) is 54.3 Å². The van der Waals surface area contributed by atoms with Crippen molar-refractivity contribution in [2.24, 2.45) is 0 Å². The molecule has 4 heterocycles. The van der Waals surface area contributed by atoms with Crippen LogP contribution in [0, 0.1) is 0 Å². The fourth-order valence-electron chi connectivity index (χ4n) is 3.39. The van der Waals surface area contributed by atoms with Gasteiger partial charge in [0, 0.05) is 30.3 Å². The van der Waals surface area contributed by atoms with Gasteiger partial charge in [0.2, 0.25) is 0 Å². The Morgan fingerprint density at radius 1 is 0.923 bits per heavy atom. The van der Waals surface area contributed by atoms with Crippen LogP contribution in [0.25, 0.3) is 0 Å². The molecule has 5 nitrogen and oxygen atoms in total. The maximum absolute atomic E-state index is 6.48. The van der Waals surface area contributed by atoms with Crippen LogP contribution in [-0.4, -0.2) is 19.9 Å². The minimum absolute atomic E-state index is 0.125. The monoisotopic (exact) mass is 365 g/mol. The van der Waals surface area contributed by atoms with Crippen LogP contribution < -0.4 is 5.32 Å². The SMILES string of the molecule is Clc1ccc(Cc2ncccn2)nc1[C@H]1CCC[C@@H](c2ccccn2)N1. The number of nitrogens with one attached hydrogen (secondary N) is 1. The molecular formula is C20H20ClN5. The van der Waals surface area contributed by atoms with Crippen molar-refractivity contribution in [3.8, 4) is 0 Å². The van der Waals surface area contributed by atoms with Crippen LogP contribution in [-0.2, 0) is 6.42 Å². The highest BCUT2D eigenvalue weighted by Crippen LogP contribution is 2.34. The Morgan fingerprint density at radius 2 is 1.73 bits per heavy atom. The summed E-state index contributed by atoms with van der Waals surface area (Å²) < 4.78 is 0. The molecule has 1 N–H and O–H groups in total. The zero-order valence-corrected chi connectivity index (χ0v) is 15.1. The predicted octanol–water partition coefficient (Wildman–Crippen LogP) is 4.07.